The molecule has 5 atom stereocenters. The van der Waals surface area contributed by atoms with Gasteiger partial charge in [-0.3, -0.25) is 9.59 Å². The van der Waals surface area contributed by atoms with Crippen molar-refractivity contribution >= 4 is 17.5 Å². The molecule has 5 heterocycles. The number of nitrogens with zero attached hydrogens (tertiary/aromatic N) is 2. The molecule has 7 rings (SSSR count). The zero-order valence-electron chi connectivity index (χ0n) is 26.0. The van der Waals surface area contributed by atoms with Crippen LogP contribution in [0.5, 0.6) is 5.75 Å². The van der Waals surface area contributed by atoms with E-state index in [1.54, 1.807) is 0 Å². The summed E-state index contributed by atoms with van der Waals surface area (Å²) in [5.41, 5.74) is 2.94. The first-order chi connectivity index (χ1) is 22.1. The molecule has 3 aliphatic heterocycles. The van der Waals surface area contributed by atoms with Crippen molar-refractivity contribution in [2.45, 2.75) is 77.0 Å². The van der Waals surface area contributed by atoms with E-state index in [1.165, 1.54) is 6.26 Å². The highest BCUT2D eigenvalue weighted by atomic mass is 16.5. The first kappa shape index (κ1) is 30.0. The predicted octanol–water partition coefficient (Wildman–Crippen LogP) is 3.56. The fourth-order valence-corrected chi connectivity index (χ4v) is 6.76. The molecule has 12 nitrogen and oxygen atoms in total. The first-order valence-corrected chi connectivity index (χ1v) is 15.6. The molecular weight excluding hydrogens is 590 g/mol. The number of aliphatic hydroxyl groups is 2. The Morgan fingerprint density at radius 2 is 1.91 bits per heavy atom. The molecule has 0 saturated heterocycles. The fourth-order valence-electron chi connectivity index (χ4n) is 6.76. The standard InChI is InChI=1S/C34H37N5O7/c1-16(2)11-24(41)30(43)36-23-13-18-9-10-25-21(12-18)34(20-7-5-6-8-22(20)37-33(34)45-25)28-27(31-35-19(14-40)15-44-31)39-32(46-28)26(17(3)4)38-29(23)42/h5-10,12,15-17,23-24,26,33,37,40-41H,11,13-14H2,1-4H3,(H,36,43)(H,38,42)/t23-,24-,26-,33+,34?/m0/s1. The number of aromatic nitrogens is 2. The Morgan fingerprint density at radius 1 is 1.11 bits per heavy atom. The van der Waals surface area contributed by atoms with Gasteiger partial charge < -0.3 is 39.7 Å². The third kappa shape index (κ3) is 4.74. The predicted molar refractivity (Wildman–Crippen MR) is 166 cm³/mol. The second-order valence-electron chi connectivity index (χ2n) is 13.0. The number of hydrogen-bond donors (Lipinski definition) is 5. The molecule has 1 spiro atoms. The Morgan fingerprint density at radius 3 is 2.65 bits per heavy atom. The number of carbonyl (C=O) groups excluding carboxylic acids is 2. The maximum atomic E-state index is 14.0. The van der Waals surface area contributed by atoms with Crippen molar-refractivity contribution in [2.24, 2.45) is 11.8 Å². The SMILES string of the molecule is CC(C)C[C@H](O)C(=O)N[C@H]1Cc2ccc3c(c2)C2(c4ccccc4N[C@@H]2O3)c2oc(nc2-c2nc(CO)co2)[C@H](C(C)C)NC1=O. The van der Waals surface area contributed by atoms with Crippen molar-refractivity contribution in [1.82, 2.24) is 20.6 Å². The molecule has 0 radical (unpaired) electrons. The number of para-hydroxylation sites is 1. The molecule has 0 aliphatic carbocycles. The number of hydrogen-bond acceptors (Lipinski definition) is 10. The quantitative estimate of drug-likeness (QED) is 0.204. The summed E-state index contributed by atoms with van der Waals surface area (Å²) in [7, 11) is 0. The average Bonchev–Trinajstić information content (AvgIpc) is 3.79. The number of oxazole rings is 2. The number of fused-ring (bicyclic) bond motifs is 4. The number of aliphatic hydroxyl groups excluding tert-OH is 2. The largest absolute Gasteiger partial charge is 0.469 e. The molecule has 4 aromatic rings. The third-order valence-corrected chi connectivity index (χ3v) is 8.96. The Hall–Kier alpha value is -4.68. The monoisotopic (exact) mass is 627 g/mol. The lowest BCUT2D eigenvalue weighted by atomic mass is 9.72. The Bertz CT molecular complexity index is 1810. The molecule has 2 aromatic heterocycles. The lowest BCUT2D eigenvalue weighted by molar-refractivity contribution is -0.135. The highest BCUT2D eigenvalue weighted by molar-refractivity contribution is 5.90. The minimum atomic E-state index is -1.25. The summed E-state index contributed by atoms with van der Waals surface area (Å²) in [6, 6.07) is 11.9. The van der Waals surface area contributed by atoms with E-state index >= 15 is 0 Å². The van der Waals surface area contributed by atoms with Gasteiger partial charge in [-0.2, -0.15) is 0 Å². The summed E-state index contributed by atoms with van der Waals surface area (Å²) in [4.78, 5) is 36.5. The molecule has 0 saturated carbocycles. The second kappa shape index (κ2) is 11.3. The van der Waals surface area contributed by atoms with Crippen LogP contribution in [-0.2, 0) is 28.0 Å². The molecule has 12 heteroatoms. The number of rotatable bonds is 7. The number of anilines is 1. The summed E-state index contributed by atoms with van der Waals surface area (Å²) in [5.74, 6) is 0.289. The van der Waals surface area contributed by atoms with Crippen molar-refractivity contribution in [2.75, 3.05) is 5.32 Å². The zero-order chi connectivity index (χ0) is 32.3. The molecule has 1 unspecified atom stereocenters. The smallest absolute Gasteiger partial charge is 0.249 e. The Balaban J connectivity index is 1.45. The number of amides is 2. The van der Waals surface area contributed by atoms with E-state index in [0.29, 0.717) is 22.9 Å². The van der Waals surface area contributed by atoms with Gasteiger partial charge in [0.25, 0.3) is 0 Å². The van der Waals surface area contributed by atoms with Gasteiger partial charge >= 0.3 is 0 Å². The highest BCUT2D eigenvalue weighted by Gasteiger charge is 2.61. The lowest BCUT2D eigenvalue weighted by Gasteiger charge is -2.29. The van der Waals surface area contributed by atoms with Crippen LogP contribution < -0.4 is 20.7 Å². The third-order valence-electron chi connectivity index (χ3n) is 8.96. The van der Waals surface area contributed by atoms with Gasteiger partial charge in [-0.05, 0) is 41.5 Å². The van der Waals surface area contributed by atoms with E-state index in [1.807, 2.05) is 70.2 Å². The molecule has 5 N–H and O–H groups in total. The van der Waals surface area contributed by atoms with Gasteiger partial charge in [-0.1, -0.05) is 58.0 Å². The summed E-state index contributed by atoms with van der Waals surface area (Å²) in [6.45, 7) is 7.38. The lowest BCUT2D eigenvalue weighted by Crippen LogP contribution is -2.52. The van der Waals surface area contributed by atoms with Crippen molar-refractivity contribution < 1.29 is 33.4 Å². The van der Waals surface area contributed by atoms with Gasteiger partial charge in [0, 0.05) is 17.7 Å². The maximum absolute atomic E-state index is 14.0. The van der Waals surface area contributed by atoms with Crippen LogP contribution in [0.1, 0.15) is 74.2 Å². The fraction of sp³-hybridized carbons (Fsp3) is 0.412. The molecule has 3 aliphatic rings. The van der Waals surface area contributed by atoms with Gasteiger partial charge in [-0.25, -0.2) is 9.97 Å². The van der Waals surface area contributed by atoms with Crippen LogP contribution in [0, 0.1) is 11.8 Å². The normalized spacial score (nSPS) is 23.5. The zero-order valence-corrected chi connectivity index (χ0v) is 26.0. The van der Waals surface area contributed by atoms with Crippen LogP contribution in [0.25, 0.3) is 11.6 Å². The minimum absolute atomic E-state index is 0.0884. The molecule has 0 fully saturated rings. The number of nitrogens with one attached hydrogen (secondary N) is 3. The van der Waals surface area contributed by atoms with Gasteiger partial charge in [0.1, 0.15) is 41.3 Å². The van der Waals surface area contributed by atoms with Crippen molar-refractivity contribution in [3.05, 3.63) is 82.8 Å². The summed E-state index contributed by atoms with van der Waals surface area (Å²) in [5, 5.41) is 29.7. The summed E-state index contributed by atoms with van der Waals surface area (Å²) < 4.78 is 19.2. The summed E-state index contributed by atoms with van der Waals surface area (Å²) >= 11 is 0. The van der Waals surface area contributed by atoms with Gasteiger partial charge in [0.15, 0.2) is 17.7 Å². The minimum Gasteiger partial charge on any atom is -0.469 e. The van der Waals surface area contributed by atoms with Crippen LogP contribution in [0.2, 0.25) is 0 Å². The second-order valence-corrected chi connectivity index (χ2v) is 13.0. The molecule has 4 bridgehead atoms. The highest BCUT2D eigenvalue weighted by Crippen LogP contribution is 2.59. The van der Waals surface area contributed by atoms with E-state index in [4.69, 9.17) is 18.6 Å². The van der Waals surface area contributed by atoms with E-state index in [-0.39, 0.29) is 43.1 Å². The number of benzene rings is 2. The first-order valence-electron chi connectivity index (χ1n) is 15.6. The van der Waals surface area contributed by atoms with Crippen molar-refractivity contribution in [3.8, 4) is 17.3 Å². The van der Waals surface area contributed by atoms with Crippen LogP contribution in [0.15, 0.2) is 57.6 Å². The van der Waals surface area contributed by atoms with E-state index in [2.05, 4.69) is 20.9 Å². The van der Waals surface area contributed by atoms with Crippen molar-refractivity contribution in [1.29, 1.82) is 0 Å². The molecule has 2 amide bonds. The maximum Gasteiger partial charge on any atom is 0.249 e. The molecular formula is C34H37N5O7. The van der Waals surface area contributed by atoms with Gasteiger partial charge in [0.2, 0.25) is 23.6 Å². The van der Waals surface area contributed by atoms with E-state index in [9.17, 15) is 19.8 Å². The van der Waals surface area contributed by atoms with Crippen LogP contribution >= 0.6 is 0 Å². The number of carbonyl (C=O) groups is 2. The average molecular weight is 628 g/mol. The molecule has 46 heavy (non-hydrogen) atoms. The Kier molecular flexibility index (Phi) is 7.36. The molecule has 2 aromatic carbocycles. The van der Waals surface area contributed by atoms with Crippen LogP contribution in [-0.4, -0.2) is 50.4 Å². The van der Waals surface area contributed by atoms with Gasteiger partial charge in [-0.15, -0.1) is 0 Å². The van der Waals surface area contributed by atoms with Crippen LogP contribution in [0.4, 0.5) is 5.69 Å². The Labute approximate surface area is 265 Å². The van der Waals surface area contributed by atoms with E-state index in [0.717, 1.165) is 22.4 Å². The molecule has 240 valence electrons. The van der Waals surface area contributed by atoms with Crippen LogP contribution in [0.3, 0.4) is 0 Å². The summed E-state index contributed by atoms with van der Waals surface area (Å²) in [6.07, 6.45) is -0.0631. The number of ether oxygens (including phenoxy) is 1. The van der Waals surface area contributed by atoms with Crippen molar-refractivity contribution in [3.63, 3.8) is 0 Å². The topological polar surface area (TPSA) is 172 Å². The van der Waals surface area contributed by atoms with Gasteiger partial charge in [0.05, 0.1) is 6.61 Å². The van der Waals surface area contributed by atoms with E-state index < -0.39 is 41.6 Å².